The lowest BCUT2D eigenvalue weighted by Crippen LogP contribution is -2.49. The lowest BCUT2D eigenvalue weighted by molar-refractivity contribution is -0.132. The quantitative estimate of drug-likeness (QED) is 0.829. The van der Waals surface area contributed by atoms with Crippen LogP contribution in [0.2, 0.25) is 0 Å². The maximum Gasteiger partial charge on any atom is 0.227 e. The first kappa shape index (κ1) is 13.4. The summed E-state index contributed by atoms with van der Waals surface area (Å²) in [6.45, 7) is 4.66. The van der Waals surface area contributed by atoms with Crippen LogP contribution in [0.4, 0.5) is 0 Å². The molecule has 1 aliphatic rings. The minimum Gasteiger partial charge on any atom is -0.340 e. The molecule has 0 aromatic heterocycles. The molecule has 0 saturated carbocycles. The third-order valence-electron chi connectivity index (χ3n) is 3.34. The van der Waals surface area contributed by atoms with Crippen molar-refractivity contribution in [1.82, 2.24) is 9.80 Å². The molecule has 1 amide bonds. The number of hydrogen-bond donors (Lipinski definition) is 1. The molecule has 0 spiro atoms. The Morgan fingerprint density at radius 3 is 2.39 bits per heavy atom. The number of piperazine rings is 1. The highest BCUT2D eigenvalue weighted by Crippen LogP contribution is 2.06. The van der Waals surface area contributed by atoms with Crippen LogP contribution in [0.3, 0.4) is 0 Å². The molecule has 0 atom stereocenters. The molecule has 1 saturated heterocycles. The fraction of sp³-hybridized carbons (Fsp3) is 0.500. The summed E-state index contributed by atoms with van der Waals surface area (Å²) in [6.07, 6.45) is 0.521. The van der Waals surface area contributed by atoms with Crippen molar-refractivity contribution in [2.75, 3.05) is 38.5 Å². The third kappa shape index (κ3) is 3.75. The third-order valence-corrected chi connectivity index (χ3v) is 3.54. The van der Waals surface area contributed by atoms with Gasteiger partial charge in [-0.05, 0) is 5.56 Å². The Kier molecular flexibility index (Phi) is 5.08. The highest BCUT2D eigenvalue weighted by molar-refractivity contribution is 7.80. The highest BCUT2D eigenvalue weighted by atomic mass is 32.1. The summed E-state index contributed by atoms with van der Waals surface area (Å²) >= 11 is 4.24. The van der Waals surface area contributed by atoms with Crippen molar-refractivity contribution in [2.45, 2.75) is 6.42 Å². The van der Waals surface area contributed by atoms with Crippen LogP contribution >= 0.6 is 12.6 Å². The van der Waals surface area contributed by atoms with Gasteiger partial charge in [0.25, 0.3) is 0 Å². The van der Waals surface area contributed by atoms with E-state index in [1.807, 2.05) is 35.2 Å². The van der Waals surface area contributed by atoms with Gasteiger partial charge in [0.15, 0.2) is 0 Å². The van der Waals surface area contributed by atoms with Gasteiger partial charge in [0, 0.05) is 38.5 Å². The van der Waals surface area contributed by atoms with E-state index in [0.717, 1.165) is 44.0 Å². The van der Waals surface area contributed by atoms with Crippen molar-refractivity contribution in [3.63, 3.8) is 0 Å². The Morgan fingerprint density at radius 2 is 1.78 bits per heavy atom. The summed E-state index contributed by atoms with van der Waals surface area (Å²) in [5.41, 5.74) is 1.10. The molecule has 1 fully saturated rings. The molecule has 2 rings (SSSR count). The smallest absolute Gasteiger partial charge is 0.227 e. The molecule has 18 heavy (non-hydrogen) atoms. The molecule has 1 heterocycles. The number of benzene rings is 1. The minimum absolute atomic E-state index is 0.242. The van der Waals surface area contributed by atoms with Crippen LogP contribution in [-0.4, -0.2) is 54.2 Å². The maximum absolute atomic E-state index is 12.1. The molecular weight excluding hydrogens is 244 g/mol. The molecular formula is C14H20N2OS. The van der Waals surface area contributed by atoms with Gasteiger partial charge in [0.2, 0.25) is 5.91 Å². The summed E-state index contributed by atoms with van der Waals surface area (Å²) in [5.74, 6) is 1.13. The molecule has 3 nitrogen and oxygen atoms in total. The maximum atomic E-state index is 12.1. The van der Waals surface area contributed by atoms with E-state index in [1.165, 1.54) is 0 Å². The van der Waals surface area contributed by atoms with Crippen molar-refractivity contribution in [3.05, 3.63) is 35.9 Å². The van der Waals surface area contributed by atoms with E-state index < -0.39 is 0 Å². The zero-order chi connectivity index (χ0) is 12.8. The summed E-state index contributed by atoms with van der Waals surface area (Å²) in [4.78, 5) is 16.5. The number of hydrogen-bond acceptors (Lipinski definition) is 3. The van der Waals surface area contributed by atoms with Crippen molar-refractivity contribution >= 4 is 18.5 Å². The van der Waals surface area contributed by atoms with E-state index in [2.05, 4.69) is 17.5 Å². The number of carbonyl (C=O) groups is 1. The molecule has 0 bridgehead atoms. The largest absolute Gasteiger partial charge is 0.340 e. The van der Waals surface area contributed by atoms with Gasteiger partial charge >= 0.3 is 0 Å². The predicted octanol–water partition coefficient (Wildman–Crippen LogP) is 1.30. The van der Waals surface area contributed by atoms with Crippen molar-refractivity contribution in [3.8, 4) is 0 Å². The first-order valence-corrected chi connectivity index (χ1v) is 7.08. The zero-order valence-electron chi connectivity index (χ0n) is 10.6. The Balaban J connectivity index is 1.81. The molecule has 4 heteroatoms. The Labute approximate surface area is 114 Å². The first-order valence-electron chi connectivity index (χ1n) is 6.44. The van der Waals surface area contributed by atoms with E-state index in [-0.39, 0.29) is 5.91 Å². The zero-order valence-corrected chi connectivity index (χ0v) is 11.5. The van der Waals surface area contributed by atoms with Crippen molar-refractivity contribution in [1.29, 1.82) is 0 Å². The predicted molar refractivity (Wildman–Crippen MR) is 77.0 cm³/mol. The normalized spacial score (nSPS) is 16.8. The van der Waals surface area contributed by atoms with E-state index in [4.69, 9.17) is 0 Å². The summed E-state index contributed by atoms with van der Waals surface area (Å²) < 4.78 is 0. The van der Waals surface area contributed by atoms with E-state index in [1.54, 1.807) is 0 Å². The fourth-order valence-corrected chi connectivity index (χ4v) is 2.53. The van der Waals surface area contributed by atoms with Gasteiger partial charge in [-0.25, -0.2) is 0 Å². The Hall–Kier alpha value is -1.00. The number of thiol groups is 1. The second-order valence-corrected chi connectivity index (χ2v) is 5.06. The molecule has 98 valence electrons. The fourth-order valence-electron chi connectivity index (χ4n) is 2.24. The SMILES string of the molecule is O=C(Cc1ccccc1)N1CCN(CCS)CC1. The van der Waals surface area contributed by atoms with Gasteiger partial charge in [0.1, 0.15) is 0 Å². The monoisotopic (exact) mass is 264 g/mol. The van der Waals surface area contributed by atoms with Crippen molar-refractivity contribution in [2.24, 2.45) is 0 Å². The first-order chi connectivity index (χ1) is 8.79. The van der Waals surface area contributed by atoms with Gasteiger partial charge in [0.05, 0.1) is 6.42 Å². The van der Waals surface area contributed by atoms with Gasteiger partial charge < -0.3 is 4.90 Å². The Bertz CT molecular complexity index is 375. The molecule has 1 aromatic rings. The van der Waals surface area contributed by atoms with Crippen LogP contribution in [-0.2, 0) is 11.2 Å². The Morgan fingerprint density at radius 1 is 1.11 bits per heavy atom. The molecule has 1 aliphatic heterocycles. The molecule has 0 unspecified atom stereocenters. The minimum atomic E-state index is 0.242. The number of amides is 1. The number of nitrogens with zero attached hydrogens (tertiary/aromatic N) is 2. The average molecular weight is 264 g/mol. The van der Waals surface area contributed by atoms with Gasteiger partial charge in [-0.15, -0.1) is 0 Å². The lowest BCUT2D eigenvalue weighted by Gasteiger charge is -2.34. The molecule has 0 aliphatic carbocycles. The van der Waals surface area contributed by atoms with E-state index in [9.17, 15) is 4.79 Å². The van der Waals surface area contributed by atoms with E-state index in [0.29, 0.717) is 6.42 Å². The van der Waals surface area contributed by atoms with Crippen LogP contribution in [0.15, 0.2) is 30.3 Å². The summed E-state index contributed by atoms with van der Waals surface area (Å²) in [5, 5.41) is 0. The molecule has 0 N–H and O–H groups in total. The average Bonchev–Trinajstić information content (AvgIpc) is 2.41. The van der Waals surface area contributed by atoms with E-state index >= 15 is 0 Å². The second kappa shape index (κ2) is 6.81. The van der Waals surface area contributed by atoms with Gasteiger partial charge in [-0.3, -0.25) is 9.69 Å². The summed E-state index contributed by atoms with van der Waals surface area (Å²) in [7, 11) is 0. The topological polar surface area (TPSA) is 23.6 Å². The highest BCUT2D eigenvalue weighted by Gasteiger charge is 2.20. The standard InChI is InChI=1S/C14H20N2OS/c17-14(12-13-4-2-1-3-5-13)16-8-6-15(7-9-16)10-11-18/h1-5,18H,6-12H2. The van der Waals surface area contributed by atoms with Gasteiger partial charge in [-0.1, -0.05) is 30.3 Å². The van der Waals surface area contributed by atoms with Crippen LogP contribution in [0.25, 0.3) is 0 Å². The summed E-state index contributed by atoms with van der Waals surface area (Å²) in [6, 6.07) is 9.95. The van der Waals surface area contributed by atoms with Gasteiger partial charge in [-0.2, -0.15) is 12.6 Å². The number of carbonyl (C=O) groups excluding carboxylic acids is 1. The van der Waals surface area contributed by atoms with Crippen LogP contribution < -0.4 is 0 Å². The van der Waals surface area contributed by atoms with Crippen LogP contribution in [0.5, 0.6) is 0 Å². The number of rotatable bonds is 4. The molecule has 1 aromatic carbocycles. The lowest BCUT2D eigenvalue weighted by atomic mass is 10.1. The van der Waals surface area contributed by atoms with Crippen LogP contribution in [0, 0.1) is 0 Å². The molecule has 0 radical (unpaired) electrons. The van der Waals surface area contributed by atoms with Crippen LogP contribution in [0.1, 0.15) is 5.56 Å². The van der Waals surface area contributed by atoms with Crippen molar-refractivity contribution < 1.29 is 4.79 Å². The second-order valence-electron chi connectivity index (χ2n) is 4.61.